The van der Waals surface area contributed by atoms with Gasteiger partial charge in [-0.15, -0.1) is 0 Å². The molecule has 0 bridgehead atoms. The molecule has 0 aliphatic rings. The van der Waals surface area contributed by atoms with Crippen LogP contribution in [0.4, 0.5) is 0 Å². The van der Waals surface area contributed by atoms with Gasteiger partial charge in [0.15, 0.2) is 0 Å². The Morgan fingerprint density at radius 2 is 1.82 bits per heavy atom. The second-order valence-electron chi connectivity index (χ2n) is 4.60. The molecule has 1 nitrogen and oxygen atoms in total. The van der Waals surface area contributed by atoms with Crippen LogP contribution in [0, 0.1) is 0 Å². The summed E-state index contributed by atoms with van der Waals surface area (Å²) >= 11 is 0. The van der Waals surface area contributed by atoms with E-state index in [0.717, 1.165) is 12.8 Å². The summed E-state index contributed by atoms with van der Waals surface area (Å²) in [5.41, 5.74) is 3.99. The quantitative estimate of drug-likeness (QED) is 0.760. The van der Waals surface area contributed by atoms with Crippen molar-refractivity contribution in [3.63, 3.8) is 0 Å². The molecule has 1 aromatic heterocycles. The zero-order valence-electron chi connectivity index (χ0n) is 10.6. The van der Waals surface area contributed by atoms with Gasteiger partial charge in [0.2, 0.25) is 0 Å². The topological polar surface area (TPSA) is 12.9 Å². The van der Waals surface area contributed by atoms with Crippen molar-refractivity contribution in [1.29, 1.82) is 0 Å². The number of pyridine rings is 1. The summed E-state index contributed by atoms with van der Waals surface area (Å²) < 4.78 is 0. The third-order valence-electron chi connectivity index (χ3n) is 3.25. The highest BCUT2D eigenvalue weighted by molar-refractivity contribution is 5.27. The molecule has 0 aliphatic carbocycles. The molecule has 0 saturated carbocycles. The van der Waals surface area contributed by atoms with Crippen LogP contribution in [0.1, 0.15) is 42.9 Å². The fraction of sp³-hybridized carbons (Fsp3) is 0.312. The lowest BCUT2D eigenvalue weighted by atomic mass is 9.97. The predicted octanol–water partition coefficient (Wildman–Crippen LogP) is 4.19. The maximum absolute atomic E-state index is 4.35. The van der Waals surface area contributed by atoms with E-state index in [9.17, 15) is 0 Å². The number of hydrogen-bond acceptors (Lipinski definition) is 1. The molecular formula is C16H19N. The first-order valence-corrected chi connectivity index (χ1v) is 6.27. The standard InChI is InChI=1S/C16H19N/c1-3-13(2)16-10-15(11-17-12-16)9-14-7-5-4-6-8-14/h4-8,10-13H,3,9H2,1-2H3. The minimum Gasteiger partial charge on any atom is -0.264 e. The third-order valence-corrected chi connectivity index (χ3v) is 3.25. The zero-order chi connectivity index (χ0) is 12.1. The Morgan fingerprint density at radius 3 is 2.53 bits per heavy atom. The van der Waals surface area contributed by atoms with Crippen molar-refractivity contribution in [2.45, 2.75) is 32.6 Å². The van der Waals surface area contributed by atoms with Gasteiger partial charge in [-0.05, 0) is 35.4 Å². The van der Waals surface area contributed by atoms with Crippen molar-refractivity contribution >= 4 is 0 Å². The van der Waals surface area contributed by atoms with Gasteiger partial charge < -0.3 is 0 Å². The molecule has 0 radical (unpaired) electrons. The average molecular weight is 225 g/mol. The summed E-state index contributed by atoms with van der Waals surface area (Å²) in [6, 6.07) is 12.8. The lowest BCUT2D eigenvalue weighted by molar-refractivity contribution is 0.728. The van der Waals surface area contributed by atoms with E-state index in [1.165, 1.54) is 16.7 Å². The van der Waals surface area contributed by atoms with E-state index in [1.54, 1.807) is 0 Å². The fourth-order valence-electron chi connectivity index (χ4n) is 1.94. The first-order chi connectivity index (χ1) is 8.29. The van der Waals surface area contributed by atoms with Gasteiger partial charge in [-0.2, -0.15) is 0 Å². The van der Waals surface area contributed by atoms with Crippen LogP contribution in [-0.4, -0.2) is 4.98 Å². The molecule has 0 spiro atoms. The van der Waals surface area contributed by atoms with E-state index in [0.29, 0.717) is 5.92 Å². The van der Waals surface area contributed by atoms with Crippen molar-refractivity contribution in [3.05, 3.63) is 65.5 Å². The van der Waals surface area contributed by atoms with Gasteiger partial charge in [0.25, 0.3) is 0 Å². The molecule has 1 atom stereocenters. The molecule has 0 N–H and O–H groups in total. The number of benzene rings is 1. The Labute approximate surface area is 104 Å². The lowest BCUT2D eigenvalue weighted by Gasteiger charge is -2.10. The highest BCUT2D eigenvalue weighted by atomic mass is 14.6. The molecule has 1 aromatic carbocycles. The monoisotopic (exact) mass is 225 g/mol. The van der Waals surface area contributed by atoms with Crippen LogP contribution >= 0.6 is 0 Å². The van der Waals surface area contributed by atoms with Gasteiger partial charge in [-0.3, -0.25) is 4.98 Å². The highest BCUT2D eigenvalue weighted by Crippen LogP contribution is 2.19. The van der Waals surface area contributed by atoms with Crippen molar-refractivity contribution in [3.8, 4) is 0 Å². The first kappa shape index (κ1) is 11.8. The molecule has 1 heteroatoms. The van der Waals surface area contributed by atoms with E-state index in [4.69, 9.17) is 0 Å². The minimum absolute atomic E-state index is 0.596. The van der Waals surface area contributed by atoms with Crippen molar-refractivity contribution < 1.29 is 0 Å². The van der Waals surface area contributed by atoms with Gasteiger partial charge in [0.1, 0.15) is 0 Å². The van der Waals surface area contributed by atoms with E-state index in [2.05, 4.69) is 55.2 Å². The van der Waals surface area contributed by atoms with Crippen LogP contribution in [0.5, 0.6) is 0 Å². The highest BCUT2D eigenvalue weighted by Gasteiger charge is 2.04. The van der Waals surface area contributed by atoms with Gasteiger partial charge in [0, 0.05) is 12.4 Å². The molecule has 2 aromatic rings. The molecule has 1 heterocycles. The Balaban J connectivity index is 2.17. The SMILES string of the molecule is CCC(C)c1cncc(Cc2ccccc2)c1. The van der Waals surface area contributed by atoms with Gasteiger partial charge in [0.05, 0.1) is 0 Å². The summed E-state index contributed by atoms with van der Waals surface area (Å²) in [4.78, 5) is 4.35. The first-order valence-electron chi connectivity index (χ1n) is 6.27. The van der Waals surface area contributed by atoms with E-state index in [-0.39, 0.29) is 0 Å². The van der Waals surface area contributed by atoms with Gasteiger partial charge in [-0.25, -0.2) is 0 Å². The third kappa shape index (κ3) is 3.16. The molecule has 17 heavy (non-hydrogen) atoms. The van der Waals surface area contributed by atoms with Crippen LogP contribution in [-0.2, 0) is 6.42 Å². The molecule has 0 fully saturated rings. The van der Waals surface area contributed by atoms with E-state index >= 15 is 0 Å². The number of rotatable bonds is 4. The maximum atomic E-state index is 4.35. The predicted molar refractivity (Wildman–Crippen MR) is 72.2 cm³/mol. The largest absolute Gasteiger partial charge is 0.264 e. The summed E-state index contributed by atoms with van der Waals surface area (Å²) in [7, 11) is 0. The van der Waals surface area contributed by atoms with Crippen LogP contribution in [0.25, 0.3) is 0 Å². The zero-order valence-corrected chi connectivity index (χ0v) is 10.6. The van der Waals surface area contributed by atoms with Gasteiger partial charge >= 0.3 is 0 Å². The smallest absolute Gasteiger partial charge is 0.0303 e. The van der Waals surface area contributed by atoms with Crippen molar-refractivity contribution in [2.24, 2.45) is 0 Å². The molecule has 0 saturated heterocycles. The molecule has 0 aliphatic heterocycles. The Morgan fingerprint density at radius 1 is 1.06 bits per heavy atom. The number of hydrogen-bond donors (Lipinski definition) is 0. The van der Waals surface area contributed by atoms with E-state index < -0.39 is 0 Å². The normalized spacial score (nSPS) is 12.4. The molecule has 1 unspecified atom stereocenters. The van der Waals surface area contributed by atoms with E-state index in [1.807, 2.05) is 12.4 Å². The minimum atomic E-state index is 0.596. The summed E-state index contributed by atoms with van der Waals surface area (Å²) in [6.07, 6.45) is 6.09. The maximum Gasteiger partial charge on any atom is 0.0303 e. The van der Waals surface area contributed by atoms with Crippen LogP contribution in [0.15, 0.2) is 48.8 Å². The van der Waals surface area contributed by atoms with Crippen molar-refractivity contribution in [1.82, 2.24) is 4.98 Å². The molecule has 0 amide bonds. The number of aromatic nitrogens is 1. The van der Waals surface area contributed by atoms with Crippen LogP contribution in [0.3, 0.4) is 0 Å². The fourth-order valence-corrected chi connectivity index (χ4v) is 1.94. The van der Waals surface area contributed by atoms with Crippen LogP contribution < -0.4 is 0 Å². The summed E-state index contributed by atoms with van der Waals surface area (Å²) in [5.74, 6) is 0.596. The Bertz CT molecular complexity index is 462. The van der Waals surface area contributed by atoms with Gasteiger partial charge in [-0.1, -0.05) is 50.2 Å². The van der Waals surface area contributed by atoms with Crippen molar-refractivity contribution in [2.75, 3.05) is 0 Å². The summed E-state index contributed by atoms with van der Waals surface area (Å²) in [5, 5.41) is 0. The van der Waals surface area contributed by atoms with Crippen LogP contribution in [0.2, 0.25) is 0 Å². The lowest BCUT2D eigenvalue weighted by Crippen LogP contribution is -1.96. The summed E-state index contributed by atoms with van der Waals surface area (Å²) in [6.45, 7) is 4.47. The molecule has 88 valence electrons. The number of nitrogens with zero attached hydrogens (tertiary/aromatic N) is 1. The molecule has 2 rings (SSSR count). The molecular weight excluding hydrogens is 206 g/mol. The second kappa shape index (κ2) is 5.62. The average Bonchev–Trinajstić information content (AvgIpc) is 2.39. The second-order valence-corrected chi connectivity index (χ2v) is 4.60. The Hall–Kier alpha value is -1.63. The Kier molecular flexibility index (Phi) is 3.92.